The molecule has 2 amide bonds. The van der Waals surface area contributed by atoms with Gasteiger partial charge >= 0.3 is 0 Å². The Bertz CT molecular complexity index is 1380. The van der Waals surface area contributed by atoms with Gasteiger partial charge in [0.25, 0.3) is 11.8 Å². The maximum absolute atomic E-state index is 12.7. The molecule has 0 radical (unpaired) electrons. The summed E-state index contributed by atoms with van der Waals surface area (Å²) in [6, 6.07) is 6.62. The molecule has 0 bridgehead atoms. The highest BCUT2D eigenvalue weighted by atomic mass is 79.9. The summed E-state index contributed by atoms with van der Waals surface area (Å²) in [7, 11) is 0. The Balaban J connectivity index is 1.72. The van der Waals surface area contributed by atoms with Gasteiger partial charge in [-0.25, -0.2) is 10.9 Å². The molecule has 1 heterocycles. The summed E-state index contributed by atoms with van der Waals surface area (Å²) in [6.45, 7) is 3.27. The summed E-state index contributed by atoms with van der Waals surface area (Å²) >= 11 is 13.1. The minimum atomic E-state index is -0.568. The number of halogens is 4. The van der Waals surface area contributed by atoms with Gasteiger partial charge in [0.1, 0.15) is 17.2 Å². The molecule has 35 heavy (non-hydrogen) atoms. The maximum atomic E-state index is 12.7. The van der Waals surface area contributed by atoms with E-state index in [4.69, 9.17) is 0 Å². The van der Waals surface area contributed by atoms with E-state index in [0.29, 0.717) is 40.3 Å². The van der Waals surface area contributed by atoms with Crippen molar-refractivity contribution in [1.82, 2.24) is 15.8 Å². The lowest BCUT2D eigenvalue weighted by molar-refractivity contribution is 0.0948. The van der Waals surface area contributed by atoms with E-state index in [2.05, 4.69) is 89.8 Å². The van der Waals surface area contributed by atoms with Crippen molar-refractivity contribution in [2.24, 2.45) is 10.2 Å². The molecule has 5 N–H and O–H groups in total. The van der Waals surface area contributed by atoms with Crippen LogP contribution in [0.2, 0.25) is 0 Å². The van der Waals surface area contributed by atoms with Gasteiger partial charge in [-0.3, -0.25) is 9.59 Å². The number of nitrogens with one attached hydrogen (secondary N) is 3. The second kappa shape index (κ2) is 11.5. The minimum absolute atomic E-state index is 0.0248. The molecule has 0 atom stereocenters. The van der Waals surface area contributed by atoms with Gasteiger partial charge in [0.15, 0.2) is 0 Å². The van der Waals surface area contributed by atoms with Crippen LogP contribution in [-0.2, 0) is 0 Å². The van der Waals surface area contributed by atoms with Crippen molar-refractivity contribution in [3.05, 3.63) is 75.8 Å². The zero-order chi connectivity index (χ0) is 25.9. The molecule has 2 aromatic carbocycles. The Kier molecular flexibility index (Phi) is 8.91. The Hall–Kier alpha value is -2.48. The second-order valence-electron chi connectivity index (χ2n) is 7.17. The van der Waals surface area contributed by atoms with Gasteiger partial charge in [-0.15, -0.1) is 0 Å². The van der Waals surface area contributed by atoms with E-state index in [-0.39, 0.29) is 22.8 Å². The van der Waals surface area contributed by atoms with E-state index in [9.17, 15) is 19.8 Å². The van der Waals surface area contributed by atoms with Crippen molar-refractivity contribution in [3.8, 4) is 11.5 Å². The van der Waals surface area contributed by atoms with Crippen LogP contribution >= 0.6 is 63.7 Å². The minimum Gasteiger partial charge on any atom is -0.506 e. The molecule has 3 rings (SSSR count). The number of rotatable bonds is 6. The van der Waals surface area contributed by atoms with Crippen molar-refractivity contribution in [1.29, 1.82) is 0 Å². The average Bonchev–Trinajstić information content (AvgIpc) is 3.08. The van der Waals surface area contributed by atoms with Crippen LogP contribution in [0.5, 0.6) is 11.5 Å². The van der Waals surface area contributed by atoms with Crippen molar-refractivity contribution < 1.29 is 19.8 Å². The van der Waals surface area contributed by atoms with Crippen LogP contribution in [0.1, 0.15) is 43.2 Å². The molecule has 0 aliphatic heterocycles. The number of carbonyl (C=O) groups is 2. The van der Waals surface area contributed by atoms with E-state index in [1.54, 1.807) is 38.1 Å². The third-order valence-electron chi connectivity index (χ3n) is 4.75. The topological polar surface area (TPSA) is 139 Å². The molecule has 3 aromatic rings. The summed E-state index contributed by atoms with van der Waals surface area (Å²) in [5.41, 5.74) is 6.82. The zero-order valence-electron chi connectivity index (χ0n) is 18.1. The van der Waals surface area contributed by atoms with Gasteiger partial charge in [0.05, 0.1) is 26.9 Å². The first-order valence-corrected chi connectivity index (χ1v) is 12.9. The number of hydrogen-bond acceptors (Lipinski definition) is 6. The second-order valence-corrected chi connectivity index (χ2v) is 10.7. The van der Waals surface area contributed by atoms with E-state index >= 15 is 0 Å². The average molecular weight is 735 g/mol. The predicted octanol–water partition coefficient (Wildman–Crippen LogP) is 5.62. The van der Waals surface area contributed by atoms with Crippen LogP contribution in [0.15, 0.2) is 52.4 Å². The Morgan fingerprint density at radius 2 is 1.29 bits per heavy atom. The number of aromatic nitrogens is 1. The zero-order valence-corrected chi connectivity index (χ0v) is 24.4. The molecule has 0 saturated carbocycles. The normalized spacial score (nSPS) is 11.4. The fraction of sp³-hybridized carbons (Fsp3) is 0.0909. The van der Waals surface area contributed by atoms with Crippen molar-refractivity contribution in [3.63, 3.8) is 0 Å². The maximum Gasteiger partial charge on any atom is 0.288 e. The van der Waals surface area contributed by atoms with Crippen molar-refractivity contribution >= 4 is 88.0 Å². The molecule has 0 saturated heterocycles. The van der Waals surface area contributed by atoms with E-state index < -0.39 is 11.8 Å². The number of aromatic amines is 1. The summed E-state index contributed by atoms with van der Waals surface area (Å²) < 4.78 is 2.37. The molecule has 13 heteroatoms. The number of H-pyrrole nitrogens is 1. The third kappa shape index (κ3) is 6.40. The number of aromatic hydroxyl groups is 2. The molecule has 0 aliphatic rings. The van der Waals surface area contributed by atoms with Crippen molar-refractivity contribution in [2.75, 3.05) is 0 Å². The van der Waals surface area contributed by atoms with Gasteiger partial charge < -0.3 is 15.2 Å². The lowest BCUT2D eigenvalue weighted by Crippen LogP contribution is -2.21. The first-order valence-electron chi connectivity index (χ1n) is 9.71. The standard InChI is InChI=1S/C22H17Br4N5O4/c1-9-17(21(34)30-27-7-11-3-13(23)5-15(25)19(11)32)10(2)29-18(9)22(35)31-28-8-12-4-14(24)6-16(26)20(12)33/h3-8,29,32-33H,1-2H3,(H,30,34)(H,31,35)/b27-7+,28-8+. The van der Waals surface area contributed by atoms with Crippen LogP contribution in [-0.4, -0.2) is 39.4 Å². The SMILES string of the molecule is Cc1[nH]c(C(=O)N/N=C/c2cc(Br)cc(Br)c2O)c(C)c1C(=O)N/N=C/c1cc(Br)cc(Br)c1O. The fourth-order valence-corrected chi connectivity index (χ4v) is 5.64. The summed E-state index contributed by atoms with van der Waals surface area (Å²) in [5, 5.41) is 28.0. The Labute approximate surface area is 233 Å². The number of amides is 2. The molecule has 0 aliphatic carbocycles. The summed E-state index contributed by atoms with van der Waals surface area (Å²) in [6.07, 6.45) is 2.60. The molecular weight excluding hydrogens is 718 g/mol. The number of benzene rings is 2. The predicted molar refractivity (Wildman–Crippen MR) is 147 cm³/mol. The lowest BCUT2D eigenvalue weighted by Gasteiger charge is -2.04. The van der Waals surface area contributed by atoms with Crippen LogP contribution in [0.25, 0.3) is 0 Å². The Morgan fingerprint density at radius 3 is 1.77 bits per heavy atom. The summed E-state index contributed by atoms with van der Waals surface area (Å²) in [4.78, 5) is 28.2. The van der Waals surface area contributed by atoms with Gasteiger partial charge in [-0.1, -0.05) is 31.9 Å². The number of phenols is 2. The molecule has 0 spiro atoms. The van der Waals surface area contributed by atoms with Crippen LogP contribution in [0.4, 0.5) is 0 Å². The van der Waals surface area contributed by atoms with E-state index in [1.165, 1.54) is 12.4 Å². The summed E-state index contributed by atoms with van der Waals surface area (Å²) in [5.74, 6) is -1.15. The number of hydrogen-bond donors (Lipinski definition) is 5. The van der Waals surface area contributed by atoms with Crippen LogP contribution < -0.4 is 10.9 Å². The molecular formula is C22H17Br4N5O4. The number of phenolic OH excluding ortho intramolecular Hbond substituents is 2. The highest BCUT2D eigenvalue weighted by Gasteiger charge is 2.22. The van der Waals surface area contributed by atoms with Crippen LogP contribution in [0.3, 0.4) is 0 Å². The number of carbonyl (C=O) groups excluding carboxylic acids is 2. The van der Waals surface area contributed by atoms with E-state index in [0.717, 1.165) is 0 Å². The Morgan fingerprint density at radius 1 is 0.829 bits per heavy atom. The smallest absolute Gasteiger partial charge is 0.288 e. The quantitative estimate of drug-likeness (QED) is 0.166. The number of nitrogens with zero attached hydrogens (tertiary/aromatic N) is 2. The molecule has 0 fully saturated rings. The van der Waals surface area contributed by atoms with Gasteiger partial charge in [0.2, 0.25) is 0 Å². The lowest BCUT2D eigenvalue weighted by atomic mass is 10.1. The number of aryl methyl sites for hydroxylation is 1. The highest BCUT2D eigenvalue weighted by molar-refractivity contribution is 9.11. The van der Waals surface area contributed by atoms with Gasteiger partial charge in [-0.05, 0) is 75.5 Å². The monoisotopic (exact) mass is 731 g/mol. The first-order chi connectivity index (χ1) is 16.5. The van der Waals surface area contributed by atoms with Gasteiger partial charge in [-0.2, -0.15) is 10.2 Å². The van der Waals surface area contributed by atoms with Crippen LogP contribution in [0, 0.1) is 13.8 Å². The molecule has 0 unspecified atom stereocenters. The highest BCUT2D eigenvalue weighted by Crippen LogP contribution is 2.31. The third-order valence-corrected chi connectivity index (χ3v) is 6.87. The largest absolute Gasteiger partial charge is 0.506 e. The van der Waals surface area contributed by atoms with Gasteiger partial charge in [0, 0.05) is 25.8 Å². The molecule has 1 aromatic heterocycles. The molecule has 9 nitrogen and oxygen atoms in total. The first kappa shape index (κ1) is 27.1. The van der Waals surface area contributed by atoms with Crippen molar-refractivity contribution in [2.45, 2.75) is 13.8 Å². The molecule has 182 valence electrons. The van der Waals surface area contributed by atoms with E-state index in [1.807, 2.05) is 0 Å². The number of hydrazone groups is 2. The fourth-order valence-electron chi connectivity index (χ4n) is 3.12.